The maximum absolute atomic E-state index is 8.55. The molecule has 0 saturated carbocycles. The molecule has 1 heterocycles. The molecule has 0 saturated heterocycles. The first kappa shape index (κ1) is 18.4. The molecular weight excluding hydrogens is 472 g/mol. The third-order valence-electron chi connectivity index (χ3n) is 7.93. The van der Waals surface area contributed by atoms with Crippen LogP contribution in [0.1, 0.15) is 27.7 Å². The van der Waals surface area contributed by atoms with Crippen LogP contribution in [-0.2, 0) is 12.8 Å². The van der Waals surface area contributed by atoms with E-state index in [1.165, 1.54) is 5.39 Å². The van der Waals surface area contributed by atoms with Crippen LogP contribution in [-0.4, -0.2) is 0 Å². The largest absolute Gasteiger partial charge is 0.456 e. The van der Waals surface area contributed by atoms with Crippen LogP contribution >= 0.6 is 0 Å². The van der Waals surface area contributed by atoms with Crippen LogP contribution < -0.4 is 0 Å². The number of furan rings is 1. The standard InChI is InChI=1S/C38H26O/c1-2-10-28-21-25(17-19-27(28)9-1)22-34-29-11-3-5-13-31(29)35(32-14-6-4-12-30(32)34)23-26-18-20-38-36(24-26)33-15-7-8-16-37(33)39-38/h1-21,24H,22-23H2/i3D,4D,5D,6D. The second kappa shape index (κ2) is 8.85. The highest BCUT2D eigenvalue weighted by Gasteiger charge is 2.16. The number of hydrogen-bond acceptors (Lipinski definition) is 1. The SMILES string of the molecule is [2H]c1cc2c(Cc3ccc4ccccc4c3)c3cc([2H])c([2H])cc3c(Cc3ccc4oc5ccccc5c4c3)c2cc1[2H]. The molecule has 0 unspecified atom stereocenters. The number of hydrogen-bond donors (Lipinski definition) is 0. The fourth-order valence-corrected chi connectivity index (χ4v) is 6.08. The first-order valence-corrected chi connectivity index (χ1v) is 13.3. The Kier molecular flexibility index (Phi) is 4.17. The van der Waals surface area contributed by atoms with Crippen molar-refractivity contribution >= 4 is 54.3 Å². The van der Waals surface area contributed by atoms with Gasteiger partial charge >= 0.3 is 0 Å². The molecule has 0 amide bonds. The lowest BCUT2D eigenvalue weighted by Crippen LogP contribution is -1.98. The van der Waals surface area contributed by atoms with Gasteiger partial charge in [-0.05, 0) is 85.6 Å². The third kappa shape index (κ3) is 3.70. The molecule has 0 aliphatic carbocycles. The van der Waals surface area contributed by atoms with Crippen LogP contribution in [0.4, 0.5) is 0 Å². The Labute approximate surface area is 232 Å². The number of para-hydroxylation sites is 1. The lowest BCUT2D eigenvalue weighted by molar-refractivity contribution is 0.669. The molecule has 0 aliphatic heterocycles. The van der Waals surface area contributed by atoms with Crippen molar-refractivity contribution in [2.24, 2.45) is 0 Å². The van der Waals surface area contributed by atoms with E-state index in [-0.39, 0.29) is 24.2 Å². The predicted octanol–water partition coefficient (Wildman–Crippen LogP) is 10.2. The summed E-state index contributed by atoms with van der Waals surface area (Å²) in [5.74, 6) is 0. The zero-order valence-electron chi connectivity index (χ0n) is 25.2. The Balaban J connectivity index is 1.37. The Morgan fingerprint density at radius 1 is 0.436 bits per heavy atom. The van der Waals surface area contributed by atoms with Crippen LogP contribution in [0.3, 0.4) is 0 Å². The van der Waals surface area contributed by atoms with Gasteiger partial charge in [0.25, 0.3) is 0 Å². The highest BCUT2D eigenvalue weighted by molar-refractivity contribution is 6.07. The Morgan fingerprint density at radius 3 is 1.67 bits per heavy atom. The minimum absolute atomic E-state index is 0.171. The molecule has 8 aromatic rings. The van der Waals surface area contributed by atoms with Crippen molar-refractivity contribution in [1.82, 2.24) is 0 Å². The molecule has 0 N–H and O–H groups in total. The summed E-state index contributed by atoms with van der Waals surface area (Å²) in [6.07, 6.45) is 1.19. The maximum Gasteiger partial charge on any atom is 0.135 e. The van der Waals surface area contributed by atoms with E-state index < -0.39 is 0 Å². The lowest BCUT2D eigenvalue weighted by atomic mass is 9.86. The molecule has 7 aromatic carbocycles. The van der Waals surface area contributed by atoms with Gasteiger partial charge in [-0.1, -0.05) is 115 Å². The van der Waals surface area contributed by atoms with Crippen LogP contribution in [0, 0.1) is 0 Å². The van der Waals surface area contributed by atoms with E-state index in [9.17, 15) is 0 Å². The van der Waals surface area contributed by atoms with Crippen LogP contribution in [0.5, 0.6) is 0 Å². The van der Waals surface area contributed by atoms with Gasteiger partial charge in [-0.25, -0.2) is 0 Å². The molecule has 184 valence electrons. The van der Waals surface area contributed by atoms with Crippen molar-refractivity contribution in [3.05, 3.63) is 156 Å². The fourth-order valence-electron chi connectivity index (χ4n) is 6.08. The van der Waals surface area contributed by atoms with Crippen molar-refractivity contribution < 1.29 is 9.90 Å². The fraction of sp³-hybridized carbons (Fsp3) is 0.0526. The summed E-state index contributed by atoms with van der Waals surface area (Å²) in [7, 11) is 0. The smallest absolute Gasteiger partial charge is 0.135 e. The monoisotopic (exact) mass is 502 g/mol. The van der Waals surface area contributed by atoms with E-state index in [1.807, 2.05) is 48.5 Å². The molecular formula is C38H26O. The summed E-state index contributed by atoms with van der Waals surface area (Å²) in [4.78, 5) is 0. The molecule has 1 aromatic heterocycles. The Morgan fingerprint density at radius 2 is 0.974 bits per heavy atom. The topological polar surface area (TPSA) is 13.1 Å². The molecule has 39 heavy (non-hydrogen) atoms. The van der Waals surface area contributed by atoms with E-state index in [1.54, 1.807) is 12.1 Å². The van der Waals surface area contributed by atoms with Gasteiger partial charge in [-0.2, -0.15) is 0 Å². The summed E-state index contributed by atoms with van der Waals surface area (Å²) in [5.41, 5.74) is 5.93. The van der Waals surface area contributed by atoms with Gasteiger partial charge in [-0.3, -0.25) is 0 Å². The summed E-state index contributed by atoms with van der Waals surface area (Å²) < 4.78 is 40.3. The molecule has 0 fully saturated rings. The second-order valence-electron chi connectivity index (χ2n) is 10.2. The normalized spacial score (nSPS) is 13.2. The minimum Gasteiger partial charge on any atom is -0.456 e. The van der Waals surface area contributed by atoms with Gasteiger partial charge in [-0.15, -0.1) is 0 Å². The predicted molar refractivity (Wildman–Crippen MR) is 165 cm³/mol. The molecule has 0 radical (unpaired) electrons. The molecule has 8 rings (SSSR count). The second-order valence-corrected chi connectivity index (χ2v) is 10.2. The van der Waals surface area contributed by atoms with E-state index in [0.717, 1.165) is 71.1 Å². The number of rotatable bonds is 4. The number of fused-ring (bicyclic) bond motifs is 6. The zero-order valence-corrected chi connectivity index (χ0v) is 21.2. The van der Waals surface area contributed by atoms with E-state index in [2.05, 4.69) is 48.5 Å². The average Bonchev–Trinajstić information content (AvgIpc) is 3.39. The van der Waals surface area contributed by atoms with Gasteiger partial charge in [0, 0.05) is 10.8 Å². The quantitative estimate of drug-likeness (QED) is 0.218. The first-order chi connectivity index (χ1) is 20.9. The summed E-state index contributed by atoms with van der Waals surface area (Å²) in [6, 6.07) is 37.0. The van der Waals surface area contributed by atoms with Crippen molar-refractivity contribution in [2.75, 3.05) is 0 Å². The maximum atomic E-state index is 8.55. The van der Waals surface area contributed by atoms with Gasteiger partial charge < -0.3 is 4.42 Å². The number of benzene rings is 7. The van der Waals surface area contributed by atoms with Crippen LogP contribution in [0.2, 0.25) is 0 Å². The van der Waals surface area contributed by atoms with Crippen molar-refractivity contribution in [3.63, 3.8) is 0 Å². The van der Waals surface area contributed by atoms with Crippen LogP contribution in [0.25, 0.3) is 54.3 Å². The zero-order chi connectivity index (χ0) is 29.2. The summed E-state index contributed by atoms with van der Waals surface area (Å²) in [6.45, 7) is 0. The van der Waals surface area contributed by atoms with E-state index in [0.29, 0.717) is 12.8 Å². The molecule has 1 heteroatoms. The molecule has 0 bridgehead atoms. The van der Waals surface area contributed by atoms with E-state index in [4.69, 9.17) is 9.90 Å². The van der Waals surface area contributed by atoms with Crippen molar-refractivity contribution in [1.29, 1.82) is 0 Å². The van der Waals surface area contributed by atoms with Crippen molar-refractivity contribution in [3.8, 4) is 0 Å². The van der Waals surface area contributed by atoms with Gasteiger partial charge in [0.15, 0.2) is 0 Å². The Bertz CT molecular complexity index is 2330. The summed E-state index contributed by atoms with van der Waals surface area (Å²) in [5, 5.41) is 8.14. The van der Waals surface area contributed by atoms with Gasteiger partial charge in [0.1, 0.15) is 11.2 Å². The minimum atomic E-state index is 0.171. The van der Waals surface area contributed by atoms with Gasteiger partial charge in [0.05, 0.1) is 5.48 Å². The highest BCUT2D eigenvalue weighted by Crippen LogP contribution is 2.37. The lowest BCUT2D eigenvalue weighted by Gasteiger charge is -2.17. The molecule has 0 aliphatic rings. The average molecular weight is 503 g/mol. The van der Waals surface area contributed by atoms with E-state index >= 15 is 0 Å². The molecule has 0 atom stereocenters. The van der Waals surface area contributed by atoms with Gasteiger partial charge in [0.2, 0.25) is 0 Å². The summed E-state index contributed by atoms with van der Waals surface area (Å²) >= 11 is 0. The Hall–Kier alpha value is -4.88. The third-order valence-corrected chi connectivity index (χ3v) is 7.93. The first-order valence-electron chi connectivity index (χ1n) is 15.3. The van der Waals surface area contributed by atoms with Crippen molar-refractivity contribution in [2.45, 2.75) is 12.8 Å². The molecule has 1 nitrogen and oxygen atoms in total. The highest BCUT2D eigenvalue weighted by atomic mass is 16.3. The molecule has 0 spiro atoms. The van der Waals surface area contributed by atoms with Crippen LogP contribution in [0.15, 0.2) is 138 Å².